The maximum atomic E-state index is 3.41. The maximum absolute atomic E-state index is 3.41. The molecule has 0 saturated carbocycles. The Bertz CT molecular complexity index is 506. The molecule has 0 atom stereocenters. The lowest BCUT2D eigenvalue weighted by Gasteiger charge is -2.06. The zero-order chi connectivity index (χ0) is 12.8. The van der Waals surface area contributed by atoms with Crippen molar-refractivity contribution in [1.29, 1.82) is 0 Å². The minimum Gasteiger partial charge on any atom is -0.382 e. The van der Waals surface area contributed by atoms with Gasteiger partial charge in [0.1, 0.15) is 0 Å². The van der Waals surface area contributed by atoms with Crippen LogP contribution in [0.5, 0.6) is 0 Å². The topological polar surface area (TPSA) is 12.0 Å². The molecular formula is C17H19N. The first kappa shape index (κ1) is 12.4. The quantitative estimate of drug-likeness (QED) is 0.829. The van der Waals surface area contributed by atoms with Gasteiger partial charge < -0.3 is 5.32 Å². The van der Waals surface area contributed by atoms with Gasteiger partial charge in [-0.25, -0.2) is 0 Å². The van der Waals surface area contributed by atoms with Gasteiger partial charge in [0.2, 0.25) is 0 Å². The summed E-state index contributed by atoms with van der Waals surface area (Å²) in [6.07, 6.45) is 4.28. The van der Waals surface area contributed by atoms with Crippen LogP contribution in [0.3, 0.4) is 0 Å². The molecule has 2 aromatic rings. The average molecular weight is 237 g/mol. The minimum atomic E-state index is 0.845. The monoisotopic (exact) mass is 237 g/mol. The van der Waals surface area contributed by atoms with Gasteiger partial charge >= 0.3 is 0 Å². The summed E-state index contributed by atoms with van der Waals surface area (Å²) >= 11 is 0. The summed E-state index contributed by atoms with van der Waals surface area (Å²) in [4.78, 5) is 0. The van der Waals surface area contributed by atoms with E-state index >= 15 is 0 Å². The number of anilines is 1. The van der Waals surface area contributed by atoms with Crippen molar-refractivity contribution in [3.8, 4) is 0 Å². The molecule has 0 amide bonds. The molecule has 0 aromatic heterocycles. The zero-order valence-electron chi connectivity index (χ0n) is 11.0. The molecule has 0 aliphatic heterocycles. The number of hydrogen-bond donors (Lipinski definition) is 1. The normalized spacial score (nSPS) is 10.8. The first-order valence-corrected chi connectivity index (χ1v) is 6.28. The van der Waals surface area contributed by atoms with Crippen LogP contribution in [0, 0.1) is 13.8 Å². The average Bonchev–Trinajstić information content (AvgIpc) is 2.35. The van der Waals surface area contributed by atoms with Crippen molar-refractivity contribution in [3.05, 3.63) is 71.3 Å². The highest BCUT2D eigenvalue weighted by Gasteiger charge is 1.93. The third kappa shape index (κ3) is 3.77. The highest BCUT2D eigenvalue weighted by Crippen LogP contribution is 2.13. The first-order valence-electron chi connectivity index (χ1n) is 6.28. The highest BCUT2D eigenvalue weighted by atomic mass is 14.9. The van der Waals surface area contributed by atoms with E-state index in [-0.39, 0.29) is 0 Å². The third-order valence-corrected chi connectivity index (χ3v) is 2.76. The van der Waals surface area contributed by atoms with Crippen LogP contribution in [0.2, 0.25) is 0 Å². The van der Waals surface area contributed by atoms with Gasteiger partial charge in [-0.15, -0.1) is 0 Å². The van der Waals surface area contributed by atoms with Crippen molar-refractivity contribution in [3.63, 3.8) is 0 Å². The fourth-order valence-corrected chi connectivity index (χ4v) is 2.01. The SMILES string of the molecule is Cc1cc(C)cc(NC/C=C/c2ccccc2)c1. The van der Waals surface area contributed by atoms with E-state index in [1.165, 1.54) is 22.4 Å². The highest BCUT2D eigenvalue weighted by molar-refractivity contribution is 5.52. The second-order valence-corrected chi connectivity index (χ2v) is 4.57. The van der Waals surface area contributed by atoms with Crippen LogP contribution in [0.15, 0.2) is 54.6 Å². The summed E-state index contributed by atoms with van der Waals surface area (Å²) in [7, 11) is 0. The lowest BCUT2D eigenvalue weighted by atomic mass is 10.1. The summed E-state index contributed by atoms with van der Waals surface area (Å²) in [5, 5.41) is 3.41. The number of hydrogen-bond acceptors (Lipinski definition) is 1. The number of benzene rings is 2. The van der Waals surface area contributed by atoms with Gasteiger partial charge in [0.25, 0.3) is 0 Å². The standard InChI is InChI=1S/C17H19N/c1-14-11-15(2)13-17(12-14)18-10-6-9-16-7-4-3-5-8-16/h3-9,11-13,18H,10H2,1-2H3/b9-6+. The lowest BCUT2D eigenvalue weighted by molar-refractivity contribution is 1.30. The predicted molar refractivity (Wildman–Crippen MR) is 79.9 cm³/mol. The molecule has 0 aliphatic carbocycles. The molecule has 18 heavy (non-hydrogen) atoms. The van der Waals surface area contributed by atoms with Crippen LogP contribution in [0.1, 0.15) is 16.7 Å². The van der Waals surface area contributed by atoms with Crippen LogP contribution in [0.4, 0.5) is 5.69 Å². The first-order chi connectivity index (χ1) is 8.74. The molecule has 0 spiro atoms. The molecule has 0 saturated heterocycles. The van der Waals surface area contributed by atoms with E-state index in [2.05, 4.69) is 73.8 Å². The van der Waals surface area contributed by atoms with Gasteiger partial charge in [-0.05, 0) is 42.7 Å². The van der Waals surface area contributed by atoms with E-state index < -0.39 is 0 Å². The molecule has 0 radical (unpaired) electrons. The van der Waals surface area contributed by atoms with Gasteiger partial charge in [-0.2, -0.15) is 0 Å². The molecule has 92 valence electrons. The van der Waals surface area contributed by atoms with Crippen molar-refractivity contribution in [1.82, 2.24) is 0 Å². The van der Waals surface area contributed by atoms with E-state index in [1.54, 1.807) is 0 Å². The molecule has 1 nitrogen and oxygen atoms in total. The maximum Gasteiger partial charge on any atom is 0.0347 e. The summed E-state index contributed by atoms with van der Waals surface area (Å²) < 4.78 is 0. The summed E-state index contributed by atoms with van der Waals surface area (Å²) in [5.41, 5.74) is 5.01. The van der Waals surface area contributed by atoms with Crippen molar-refractivity contribution in [2.45, 2.75) is 13.8 Å². The van der Waals surface area contributed by atoms with Crippen molar-refractivity contribution in [2.24, 2.45) is 0 Å². The smallest absolute Gasteiger partial charge is 0.0347 e. The molecule has 0 bridgehead atoms. The van der Waals surface area contributed by atoms with Gasteiger partial charge in [0, 0.05) is 12.2 Å². The Labute approximate surface area is 109 Å². The Morgan fingerprint density at radius 3 is 2.28 bits per heavy atom. The van der Waals surface area contributed by atoms with Crippen LogP contribution in [0.25, 0.3) is 6.08 Å². The Hall–Kier alpha value is -2.02. The predicted octanol–water partition coefficient (Wildman–Crippen LogP) is 4.43. The molecule has 0 heterocycles. The third-order valence-electron chi connectivity index (χ3n) is 2.76. The molecule has 0 aliphatic rings. The van der Waals surface area contributed by atoms with Crippen LogP contribution < -0.4 is 5.32 Å². The summed E-state index contributed by atoms with van der Waals surface area (Å²) in [6, 6.07) is 16.9. The van der Waals surface area contributed by atoms with E-state index in [0.29, 0.717) is 0 Å². The van der Waals surface area contributed by atoms with Gasteiger partial charge in [0.15, 0.2) is 0 Å². The van der Waals surface area contributed by atoms with E-state index in [9.17, 15) is 0 Å². The fraction of sp³-hybridized carbons (Fsp3) is 0.176. The minimum absolute atomic E-state index is 0.845. The zero-order valence-corrected chi connectivity index (χ0v) is 11.0. The molecule has 1 heteroatoms. The van der Waals surface area contributed by atoms with Crippen molar-refractivity contribution < 1.29 is 0 Å². The molecule has 1 N–H and O–H groups in total. The van der Waals surface area contributed by atoms with Crippen molar-refractivity contribution in [2.75, 3.05) is 11.9 Å². The Kier molecular flexibility index (Phi) is 4.19. The van der Waals surface area contributed by atoms with Gasteiger partial charge in [-0.1, -0.05) is 48.6 Å². The number of aryl methyl sites for hydroxylation is 2. The van der Waals surface area contributed by atoms with Crippen LogP contribution >= 0.6 is 0 Å². The number of rotatable bonds is 4. The Balaban J connectivity index is 1.90. The molecule has 2 rings (SSSR count). The molecule has 2 aromatic carbocycles. The van der Waals surface area contributed by atoms with Gasteiger partial charge in [0.05, 0.1) is 0 Å². The Morgan fingerprint density at radius 1 is 0.944 bits per heavy atom. The van der Waals surface area contributed by atoms with Crippen molar-refractivity contribution >= 4 is 11.8 Å². The second-order valence-electron chi connectivity index (χ2n) is 4.57. The fourth-order valence-electron chi connectivity index (χ4n) is 2.01. The second kappa shape index (κ2) is 6.06. The van der Waals surface area contributed by atoms with Gasteiger partial charge in [-0.3, -0.25) is 0 Å². The largest absolute Gasteiger partial charge is 0.382 e. The van der Waals surface area contributed by atoms with E-state index in [1.807, 2.05) is 6.07 Å². The van der Waals surface area contributed by atoms with Crippen LogP contribution in [-0.4, -0.2) is 6.54 Å². The Morgan fingerprint density at radius 2 is 1.61 bits per heavy atom. The lowest BCUT2D eigenvalue weighted by Crippen LogP contribution is -1.98. The summed E-state index contributed by atoms with van der Waals surface area (Å²) in [5.74, 6) is 0. The van der Waals surface area contributed by atoms with Crippen LogP contribution in [-0.2, 0) is 0 Å². The van der Waals surface area contributed by atoms with E-state index in [4.69, 9.17) is 0 Å². The molecule has 0 fully saturated rings. The molecular weight excluding hydrogens is 218 g/mol. The van der Waals surface area contributed by atoms with E-state index in [0.717, 1.165) is 6.54 Å². The summed E-state index contributed by atoms with van der Waals surface area (Å²) in [6.45, 7) is 5.09. The molecule has 0 unspecified atom stereocenters. The number of nitrogens with one attached hydrogen (secondary N) is 1.